The van der Waals surface area contributed by atoms with Crippen molar-refractivity contribution in [1.82, 2.24) is 5.48 Å². The number of anilines is 2. The number of nitrogens with two attached hydrogens (primary N) is 2. The van der Waals surface area contributed by atoms with Crippen LogP contribution >= 0.6 is 0 Å². The number of phenolic OH excluding ortho intramolecular Hbond substituents is 1. The number of hydrogen-bond acceptors (Lipinski definition) is 7. The molecule has 19 heavy (non-hydrogen) atoms. The Morgan fingerprint density at radius 3 is 2.53 bits per heavy atom. The molecule has 1 aromatic carbocycles. The van der Waals surface area contributed by atoms with Gasteiger partial charge in [0, 0.05) is 6.04 Å². The van der Waals surface area contributed by atoms with Crippen molar-refractivity contribution in [2.45, 2.75) is 37.8 Å². The molecule has 1 aromatic rings. The van der Waals surface area contributed by atoms with E-state index in [0.717, 1.165) is 25.7 Å². The quantitative estimate of drug-likeness (QED) is 0.283. The molecule has 0 atom stereocenters. The van der Waals surface area contributed by atoms with Gasteiger partial charge in [0.15, 0.2) is 5.75 Å². The van der Waals surface area contributed by atoms with E-state index < -0.39 is 0 Å². The van der Waals surface area contributed by atoms with Crippen LogP contribution in [-0.2, 0) is 0 Å². The van der Waals surface area contributed by atoms with E-state index in [4.69, 9.17) is 16.3 Å². The Kier molecular flexibility index (Phi) is 4.06. The number of rotatable bonds is 4. The molecular formula is C12H18N4O3. The van der Waals surface area contributed by atoms with E-state index in [-0.39, 0.29) is 29.2 Å². The van der Waals surface area contributed by atoms with Gasteiger partial charge in [-0.1, -0.05) is 5.18 Å². The Hall–Kier alpha value is -2.02. The minimum atomic E-state index is -0.0764. The van der Waals surface area contributed by atoms with Crippen LogP contribution in [0.2, 0.25) is 0 Å². The van der Waals surface area contributed by atoms with Gasteiger partial charge in [0.05, 0.1) is 6.04 Å². The molecule has 0 aromatic heterocycles. The third-order valence-corrected chi connectivity index (χ3v) is 3.41. The highest BCUT2D eigenvalue weighted by molar-refractivity contribution is 5.76. The standard InChI is InChI=1S/C12H18N4O3/c13-11-9(17)5-6-10(12(11)14)19-16-8-3-1-7(15-18)2-4-8/h5-8,16-17H,1-4,13-14H2. The van der Waals surface area contributed by atoms with E-state index >= 15 is 0 Å². The molecular weight excluding hydrogens is 248 g/mol. The van der Waals surface area contributed by atoms with Crippen LogP contribution in [0.3, 0.4) is 0 Å². The minimum Gasteiger partial charge on any atom is -0.506 e. The van der Waals surface area contributed by atoms with Crippen molar-refractivity contribution in [3.63, 3.8) is 0 Å². The second kappa shape index (κ2) is 5.75. The van der Waals surface area contributed by atoms with E-state index in [1.54, 1.807) is 6.07 Å². The van der Waals surface area contributed by atoms with E-state index in [1.807, 2.05) is 0 Å². The van der Waals surface area contributed by atoms with E-state index in [1.165, 1.54) is 6.07 Å². The number of hydroxylamine groups is 1. The van der Waals surface area contributed by atoms with Crippen molar-refractivity contribution < 1.29 is 9.94 Å². The number of nitrogens with zero attached hydrogens (tertiary/aromatic N) is 1. The average Bonchev–Trinajstić information content (AvgIpc) is 2.45. The summed E-state index contributed by atoms with van der Waals surface area (Å²) in [6.45, 7) is 0. The van der Waals surface area contributed by atoms with Gasteiger partial charge in [0.1, 0.15) is 17.1 Å². The lowest BCUT2D eigenvalue weighted by molar-refractivity contribution is 0.130. The molecule has 1 aliphatic rings. The zero-order valence-electron chi connectivity index (χ0n) is 10.5. The lowest BCUT2D eigenvalue weighted by atomic mass is 9.92. The smallest absolute Gasteiger partial charge is 0.172 e. The molecule has 6 N–H and O–H groups in total. The number of benzene rings is 1. The fourth-order valence-electron chi connectivity index (χ4n) is 2.14. The molecule has 0 spiro atoms. The Morgan fingerprint density at radius 1 is 1.21 bits per heavy atom. The first-order valence-corrected chi connectivity index (χ1v) is 6.23. The normalized spacial score (nSPS) is 22.9. The zero-order chi connectivity index (χ0) is 13.8. The molecule has 0 radical (unpaired) electrons. The summed E-state index contributed by atoms with van der Waals surface area (Å²) >= 11 is 0. The summed E-state index contributed by atoms with van der Waals surface area (Å²) in [5.74, 6) is 0.313. The molecule has 0 heterocycles. The summed E-state index contributed by atoms with van der Waals surface area (Å²) in [5, 5.41) is 12.4. The summed E-state index contributed by atoms with van der Waals surface area (Å²) in [5.41, 5.74) is 14.6. The van der Waals surface area contributed by atoms with Crippen LogP contribution in [0, 0.1) is 4.91 Å². The highest BCUT2D eigenvalue weighted by Crippen LogP contribution is 2.34. The van der Waals surface area contributed by atoms with Crippen LogP contribution in [0.4, 0.5) is 11.4 Å². The molecule has 0 saturated heterocycles. The predicted octanol–water partition coefficient (Wildman–Crippen LogP) is 1.52. The SMILES string of the molecule is Nc1c(O)ccc(ONC2CCC(N=O)CC2)c1N. The fourth-order valence-corrected chi connectivity index (χ4v) is 2.14. The Labute approximate surface area is 110 Å². The van der Waals surface area contributed by atoms with Gasteiger partial charge in [-0.25, -0.2) is 0 Å². The number of phenols is 1. The lowest BCUT2D eigenvalue weighted by Crippen LogP contribution is -2.36. The number of hydrogen-bond donors (Lipinski definition) is 4. The highest BCUT2D eigenvalue weighted by Gasteiger charge is 2.22. The van der Waals surface area contributed by atoms with Gasteiger partial charge in [-0.15, -0.1) is 0 Å². The Bertz CT molecular complexity index is 459. The third-order valence-electron chi connectivity index (χ3n) is 3.41. The molecule has 2 rings (SSSR count). The summed E-state index contributed by atoms with van der Waals surface area (Å²) in [6.07, 6.45) is 3.17. The molecule has 104 valence electrons. The molecule has 1 saturated carbocycles. The molecule has 0 bridgehead atoms. The summed E-state index contributed by atoms with van der Waals surface area (Å²) in [7, 11) is 0. The van der Waals surface area contributed by atoms with Gasteiger partial charge in [-0.2, -0.15) is 10.4 Å². The van der Waals surface area contributed by atoms with Crippen molar-refractivity contribution in [2.75, 3.05) is 11.5 Å². The monoisotopic (exact) mass is 266 g/mol. The fraction of sp³-hybridized carbons (Fsp3) is 0.500. The van der Waals surface area contributed by atoms with Crippen LogP contribution in [-0.4, -0.2) is 17.2 Å². The van der Waals surface area contributed by atoms with E-state index in [0.29, 0.717) is 5.75 Å². The molecule has 7 nitrogen and oxygen atoms in total. The Balaban J connectivity index is 1.89. The molecule has 0 unspecified atom stereocenters. The predicted molar refractivity (Wildman–Crippen MR) is 72.5 cm³/mol. The summed E-state index contributed by atoms with van der Waals surface area (Å²) in [6, 6.07) is 3.06. The number of nitrogens with one attached hydrogen (secondary N) is 1. The first kappa shape index (κ1) is 13.4. The van der Waals surface area contributed by atoms with E-state index in [9.17, 15) is 10.0 Å². The van der Waals surface area contributed by atoms with Crippen molar-refractivity contribution >= 4 is 11.4 Å². The largest absolute Gasteiger partial charge is 0.506 e. The average molecular weight is 266 g/mol. The van der Waals surface area contributed by atoms with Crippen molar-refractivity contribution in [3.05, 3.63) is 17.0 Å². The van der Waals surface area contributed by atoms with Crippen LogP contribution < -0.4 is 21.8 Å². The van der Waals surface area contributed by atoms with Crippen LogP contribution in [0.1, 0.15) is 25.7 Å². The van der Waals surface area contributed by atoms with Crippen molar-refractivity contribution in [1.29, 1.82) is 0 Å². The molecule has 0 aliphatic heterocycles. The Morgan fingerprint density at radius 2 is 1.89 bits per heavy atom. The van der Waals surface area contributed by atoms with Gasteiger partial charge in [0.25, 0.3) is 0 Å². The highest BCUT2D eigenvalue weighted by atomic mass is 16.6. The second-order valence-electron chi connectivity index (χ2n) is 4.74. The first-order valence-electron chi connectivity index (χ1n) is 6.23. The lowest BCUT2D eigenvalue weighted by Gasteiger charge is -2.25. The van der Waals surface area contributed by atoms with Crippen LogP contribution in [0.25, 0.3) is 0 Å². The topological polar surface area (TPSA) is 123 Å². The van der Waals surface area contributed by atoms with Gasteiger partial charge >= 0.3 is 0 Å². The van der Waals surface area contributed by atoms with Gasteiger partial charge < -0.3 is 21.4 Å². The number of nitrogen functional groups attached to an aromatic ring is 2. The maximum Gasteiger partial charge on any atom is 0.172 e. The maximum absolute atomic E-state index is 10.4. The van der Waals surface area contributed by atoms with E-state index in [2.05, 4.69) is 10.7 Å². The third kappa shape index (κ3) is 3.05. The first-order chi connectivity index (χ1) is 9.11. The molecule has 0 amide bonds. The van der Waals surface area contributed by atoms with Gasteiger partial charge in [0.2, 0.25) is 0 Å². The maximum atomic E-state index is 10.4. The van der Waals surface area contributed by atoms with Gasteiger partial charge in [-0.3, -0.25) is 0 Å². The zero-order valence-corrected chi connectivity index (χ0v) is 10.5. The number of nitroso groups, excluding NO2 is 1. The van der Waals surface area contributed by atoms with Crippen molar-refractivity contribution in [2.24, 2.45) is 5.18 Å². The second-order valence-corrected chi connectivity index (χ2v) is 4.74. The summed E-state index contributed by atoms with van der Waals surface area (Å²) in [4.78, 5) is 15.8. The number of aromatic hydroxyl groups is 1. The van der Waals surface area contributed by atoms with Crippen molar-refractivity contribution in [3.8, 4) is 11.5 Å². The molecule has 7 heteroatoms. The van der Waals surface area contributed by atoms with Crippen LogP contribution in [0.5, 0.6) is 11.5 Å². The molecule has 1 fully saturated rings. The van der Waals surface area contributed by atoms with Gasteiger partial charge in [-0.05, 0) is 37.8 Å². The summed E-state index contributed by atoms with van der Waals surface area (Å²) < 4.78 is 0. The molecule has 1 aliphatic carbocycles. The van der Waals surface area contributed by atoms with Crippen LogP contribution in [0.15, 0.2) is 17.3 Å². The minimum absolute atomic E-state index is 0.0672.